The van der Waals surface area contributed by atoms with Gasteiger partial charge in [-0.15, -0.1) is 0 Å². The van der Waals surface area contributed by atoms with Crippen molar-refractivity contribution in [2.45, 2.75) is 13.3 Å². The standard InChI is InChI=1S/C10H11N5O2/c1-8-9(4-2-3-5-13-14-11)6-10(7-12-8)15(16)17/h2,4,6-7H,3,5H2,1H3. The summed E-state index contributed by atoms with van der Waals surface area (Å²) in [5.41, 5.74) is 9.45. The smallest absolute Gasteiger partial charge is 0.258 e. The van der Waals surface area contributed by atoms with Gasteiger partial charge in [-0.25, -0.2) is 0 Å². The highest BCUT2D eigenvalue weighted by Crippen LogP contribution is 2.16. The second-order valence-electron chi connectivity index (χ2n) is 3.27. The molecule has 0 aromatic carbocycles. The van der Waals surface area contributed by atoms with Gasteiger partial charge in [-0.2, -0.15) is 0 Å². The molecule has 0 bridgehead atoms. The lowest BCUT2D eigenvalue weighted by Crippen LogP contribution is -1.93. The highest BCUT2D eigenvalue weighted by Gasteiger charge is 2.07. The van der Waals surface area contributed by atoms with Crippen LogP contribution in [0.1, 0.15) is 17.7 Å². The molecular formula is C10H11N5O2. The van der Waals surface area contributed by atoms with Crippen LogP contribution in [0.4, 0.5) is 5.69 Å². The Labute approximate surface area is 97.6 Å². The van der Waals surface area contributed by atoms with Crippen molar-refractivity contribution in [2.75, 3.05) is 6.54 Å². The minimum Gasteiger partial charge on any atom is -0.258 e. The van der Waals surface area contributed by atoms with E-state index in [1.54, 1.807) is 19.1 Å². The van der Waals surface area contributed by atoms with Crippen molar-refractivity contribution in [3.63, 3.8) is 0 Å². The third kappa shape index (κ3) is 3.92. The first kappa shape index (κ1) is 12.7. The zero-order valence-electron chi connectivity index (χ0n) is 9.28. The molecule has 1 aromatic rings. The SMILES string of the molecule is Cc1ncc([N+](=O)[O-])cc1C=CCCN=[N+]=[N-]. The summed E-state index contributed by atoms with van der Waals surface area (Å²) in [6.07, 6.45) is 5.35. The van der Waals surface area contributed by atoms with Crippen molar-refractivity contribution in [3.05, 3.63) is 50.2 Å². The number of rotatable bonds is 5. The van der Waals surface area contributed by atoms with Crippen LogP contribution in [0.25, 0.3) is 16.5 Å². The summed E-state index contributed by atoms with van der Waals surface area (Å²) in [6.45, 7) is 2.14. The Morgan fingerprint density at radius 1 is 1.71 bits per heavy atom. The molecule has 0 saturated heterocycles. The fourth-order valence-electron chi connectivity index (χ4n) is 1.19. The summed E-state index contributed by atoms with van der Waals surface area (Å²) in [7, 11) is 0. The average Bonchev–Trinajstić information content (AvgIpc) is 2.30. The normalized spacial score (nSPS) is 10.2. The Hall–Kier alpha value is -2.40. The van der Waals surface area contributed by atoms with Gasteiger partial charge in [-0.3, -0.25) is 15.1 Å². The largest absolute Gasteiger partial charge is 0.288 e. The van der Waals surface area contributed by atoms with Crippen molar-refractivity contribution in [3.8, 4) is 0 Å². The van der Waals surface area contributed by atoms with Crippen LogP contribution in [0.2, 0.25) is 0 Å². The number of hydrogen-bond acceptors (Lipinski definition) is 4. The van der Waals surface area contributed by atoms with E-state index in [4.69, 9.17) is 5.53 Å². The maximum absolute atomic E-state index is 10.6. The van der Waals surface area contributed by atoms with E-state index >= 15 is 0 Å². The molecule has 1 heterocycles. The molecule has 0 aliphatic heterocycles. The Kier molecular flexibility index (Phi) is 4.65. The van der Waals surface area contributed by atoms with Crippen LogP contribution in [0, 0.1) is 17.0 Å². The van der Waals surface area contributed by atoms with Gasteiger partial charge in [0.1, 0.15) is 6.20 Å². The van der Waals surface area contributed by atoms with Gasteiger partial charge in [0.25, 0.3) is 5.69 Å². The zero-order valence-corrected chi connectivity index (χ0v) is 9.28. The lowest BCUT2D eigenvalue weighted by Gasteiger charge is -1.98. The second-order valence-corrected chi connectivity index (χ2v) is 3.27. The number of aromatic nitrogens is 1. The summed E-state index contributed by atoms with van der Waals surface area (Å²) in [6, 6.07) is 1.46. The van der Waals surface area contributed by atoms with Gasteiger partial charge in [0.2, 0.25) is 0 Å². The first-order valence-electron chi connectivity index (χ1n) is 4.93. The van der Waals surface area contributed by atoms with Gasteiger partial charge in [-0.1, -0.05) is 17.3 Å². The molecule has 17 heavy (non-hydrogen) atoms. The van der Waals surface area contributed by atoms with Gasteiger partial charge in [0.05, 0.1) is 4.92 Å². The third-order valence-corrected chi connectivity index (χ3v) is 2.08. The minimum atomic E-state index is -0.482. The number of aryl methyl sites for hydroxylation is 1. The number of pyridine rings is 1. The molecule has 0 unspecified atom stereocenters. The zero-order chi connectivity index (χ0) is 12.7. The van der Waals surface area contributed by atoms with E-state index in [0.29, 0.717) is 18.5 Å². The van der Waals surface area contributed by atoms with Crippen LogP contribution in [0.15, 0.2) is 23.5 Å². The fourth-order valence-corrected chi connectivity index (χ4v) is 1.19. The summed E-state index contributed by atoms with van der Waals surface area (Å²) in [4.78, 5) is 16.6. The predicted molar refractivity (Wildman–Crippen MR) is 63.3 cm³/mol. The van der Waals surface area contributed by atoms with Gasteiger partial charge >= 0.3 is 0 Å². The Morgan fingerprint density at radius 3 is 3.12 bits per heavy atom. The highest BCUT2D eigenvalue weighted by atomic mass is 16.6. The van der Waals surface area contributed by atoms with E-state index in [9.17, 15) is 10.1 Å². The van der Waals surface area contributed by atoms with E-state index in [-0.39, 0.29) is 5.69 Å². The molecule has 0 aliphatic carbocycles. The number of nitro groups is 1. The molecule has 0 aliphatic rings. The molecule has 0 fully saturated rings. The van der Waals surface area contributed by atoms with Gasteiger partial charge < -0.3 is 0 Å². The van der Waals surface area contributed by atoms with Crippen molar-refractivity contribution in [1.29, 1.82) is 0 Å². The monoisotopic (exact) mass is 233 g/mol. The van der Waals surface area contributed by atoms with E-state index in [0.717, 1.165) is 5.69 Å². The van der Waals surface area contributed by atoms with Crippen molar-refractivity contribution < 1.29 is 4.92 Å². The molecule has 0 saturated carbocycles. The maximum Gasteiger partial charge on any atom is 0.288 e. The fraction of sp³-hybridized carbons (Fsp3) is 0.300. The molecule has 88 valence electrons. The van der Waals surface area contributed by atoms with Crippen LogP contribution < -0.4 is 0 Å². The summed E-state index contributed by atoms with van der Waals surface area (Å²) < 4.78 is 0. The summed E-state index contributed by atoms with van der Waals surface area (Å²) in [5.74, 6) is 0. The summed E-state index contributed by atoms with van der Waals surface area (Å²) >= 11 is 0. The average molecular weight is 233 g/mol. The second kappa shape index (κ2) is 6.24. The molecule has 7 nitrogen and oxygen atoms in total. The minimum absolute atomic E-state index is 0.0368. The molecular weight excluding hydrogens is 222 g/mol. The van der Waals surface area contributed by atoms with E-state index in [1.807, 2.05) is 0 Å². The Bertz CT molecular complexity index is 491. The number of hydrogen-bond donors (Lipinski definition) is 0. The van der Waals surface area contributed by atoms with Crippen molar-refractivity contribution in [2.24, 2.45) is 5.11 Å². The third-order valence-electron chi connectivity index (χ3n) is 2.08. The van der Waals surface area contributed by atoms with Gasteiger partial charge in [0, 0.05) is 28.8 Å². The van der Waals surface area contributed by atoms with E-state index < -0.39 is 4.92 Å². The predicted octanol–water partition coefficient (Wildman–Crippen LogP) is 3.01. The Morgan fingerprint density at radius 2 is 2.47 bits per heavy atom. The summed E-state index contributed by atoms with van der Waals surface area (Å²) in [5, 5.41) is 13.9. The van der Waals surface area contributed by atoms with Crippen LogP contribution in [0.5, 0.6) is 0 Å². The van der Waals surface area contributed by atoms with Crippen molar-refractivity contribution in [1.82, 2.24) is 4.98 Å². The molecule has 0 spiro atoms. The number of nitrogens with zero attached hydrogens (tertiary/aromatic N) is 5. The molecule has 1 aromatic heterocycles. The Balaban J connectivity index is 2.78. The lowest BCUT2D eigenvalue weighted by atomic mass is 10.1. The quantitative estimate of drug-likeness (QED) is 0.195. The molecule has 0 radical (unpaired) electrons. The molecule has 1 rings (SSSR count). The van der Waals surface area contributed by atoms with E-state index in [1.165, 1.54) is 12.3 Å². The van der Waals surface area contributed by atoms with Crippen molar-refractivity contribution >= 4 is 11.8 Å². The molecule has 0 atom stereocenters. The first-order valence-corrected chi connectivity index (χ1v) is 4.93. The lowest BCUT2D eigenvalue weighted by molar-refractivity contribution is -0.385. The van der Waals surface area contributed by atoms with Crippen LogP contribution >= 0.6 is 0 Å². The maximum atomic E-state index is 10.6. The first-order chi connectivity index (χ1) is 8.15. The molecule has 0 N–H and O–H groups in total. The van der Waals surface area contributed by atoms with Crippen LogP contribution in [0.3, 0.4) is 0 Å². The van der Waals surface area contributed by atoms with Crippen LogP contribution in [-0.4, -0.2) is 16.5 Å². The molecule has 7 heteroatoms. The number of azide groups is 1. The van der Waals surface area contributed by atoms with Gasteiger partial charge in [0.15, 0.2) is 0 Å². The highest BCUT2D eigenvalue weighted by molar-refractivity contribution is 5.54. The molecule has 0 amide bonds. The van der Waals surface area contributed by atoms with E-state index in [2.05, 4.69) is 15.0 Å². The van der Waals surface area contributed by atoms with Crippen LogP contribution in [-0.2, 0) is 0 Å². The topological polar surface area (TPSA) is 105 Å². The van der Waals surface area contributed by atoms with Gasteiger partial charge in [-0.05, 0) is 18.9 Å².